The highest BCUT2D eigenvalue weighted by Gasteiger charge is 2.45. The first-order valence-corrected chi connectivity index (χ1v) is 15.0. The second-order valence-corrected chi connectivity index (χ2v) is 12.4. The molecule has 194 valence electrons. The molecule has 4 nitrogen and oxygen atoms in total. The fourth-order valence-electron chi connectivity index (χ4n) is 9.38. The molecule has 0 fully saturated rings. The summed E-state index contributed by atoms with van der Waals surface area (Å²) in [5.41, 5.74) is 16.2. The van der Waals surface area contributed by atoms with Gasteiger partial charge in [-0.3, -0.25) is 8.97 Å². The molecule has 0 unspecified atom stereocenters. The van der Waals surface area contributed by atoms with E-state index in [0.717, 1.165) is 11.2 Å². The van der Waals surface area contributed by atoms with Crippen LogP contribution in [0.25, 0.3) is 93.3 Å². The third kappa shape index (κ3) is 1.87. The normalized spacial score (nSPS) is 14.0. The minimum absolute atomic E-state index is 0.0858. The second kappa shape index (κ2) is 6.23. The van der Waals surface area contributed by atoms with E-state index < -0.39 is 0 Å². The van der Waals surface area contributed by atoms with Crippen LogP contribution < -0.4 is 16.4 Å². The largest absolute Gasteiger partial charge is 0.454 e. The van der Waals surface area contributed by atoms with Crippen molar-refractivity contribution in [2.24, 2.45) is 0 Å². The predicted molar refractivity (Wildman–Crippen MR) is 178 cm³/mol. The molecule has 0 saturated heterocycles. The zero-order valence-corrected chi connectivity index (χ0v) is 22.7. The molecule has 13 rings (SSSR count). The lowest BCUT2D eigenvalue weighted by Gasteiger charge is -2.29. The number of furan rings is 1. The Morgan fingerprint density at radius 1 is 0.488 bits per heavy atom. The first-order valence-electron chi connectivity index (χ1n) is 15.0. The van der Waals surface area contributed by atoms with Crippen LogP contribution >= 0.6 is 0 Å². The van der Waals surface area contributed by atoms with Gasteiger partial charge in [0.05, 0.1) is 33.3 Å². The molecule has 6 aromatic carbocycles. The standard InChI is InChI=1S/C38H18BN3O/c1-3-15-25-21(9-1)31-38-40(25)26-16-4-5-17-27(26)41(38)36-32-35-29(30-22-10-2-6-18-28(22)43-37(30)36)23-13-7-11-19-20-12-8-14-24(39(31)32)34(20)42(35)33(19)23/h1-18H. The van der Waals surface area contributed by atoms with Crippen molar-refractivity contribution in [1.82, 2.24) is 13.4 Å². The Bertz CT molecular complexity index is 3130. The van der Waals surface area contributed by atoms with Crippen molar-refractivity contribution in [3.63, 3.8) is 0 Å². The molecule has 11 aromatic rings. The maximum atomic E-state index is 6.99. The number of imidazole rings is 1. The van der Waals surface area contributed by atoms with Crippen LogP contribution in [0, 0.1) is 0 Å². The lowest BCUT2D eigenvalue weighted by Crippen LogP contribution is -2.58. The molecule has 0 atom stereocenters. The molecular weight excluding hydrogens is 525 g/mol. The number of nitrogens with zero attached hydrogens (tertiary/aromatic N) is 3. The highest BCUT2D eigenvalue weighted by Crippen LogP contribution is 2.48. The summed E-state index contributed by atoms with van der Waals surface area (Å²) in [4.78, 5) is 0. The number of aromatic nitrogens is 3. The Labute approximate surface area is 243 Å². The molecule has 0 amide bonds. The van der Waals surface area contributed by atoms with E-state index in [1.165, 1.54) is 98.5 Å². The third-order valence-electron chi connectivity index (χ3n) is 10.7. The van der Waals surface area contributed by atoms with Crippen molar-refractivity contribution in [1.29, 1.82) is 0 Å². The predicted octanol–water partition coefficient (Wildman–Crippen LogP) is 7.23. The minimum atomic E-state index is 0.0858. The van der Waals surface area contributed by atoms with Crippen LogP contribution in [-0.4, -0.2) is 20.1 Å². The second-order valence-electron chi connectivity index (χ2n) is 12.4. The van der Waals surface area contributed by atoms with Crippen LogP contribution in [0.1, 0.15) is 0 Å². The van der Waals surface area contributed by atoms with E-state index in [0.29, 0.717) is 0 Å². The third-order valence-corrected chi connectivity index (χ3v) is 10.7. The summed E-state index contributed by atoms with van der Waals surface area (Å²) in [6, 6.07) is 40.2. The number of fused-ring (bicyclic) bond motifs is 16. The first-order chi connectivity index (χ1) is 21.4. The molecule has 0 saturated carbocycles. The molecule has 0 aliphatic carbocycles. The van der Waals surface area contributed by atoms with E-state index in [1.54, 1.807) is 0 Å². The Kier molecular flexibility index (Phi) is 2.93. The average molecular weight is 543 g/mol. The molecular formula is C38H18BN3O. The Morgan fingerprint density at radius 2 is 1.19 bits per heavy atom. The Morgan fingerprint density at radius 3 is 2.09 bits per heavy atom. The van der Waals surface area contributed by atoms with Gasteiger partial charge in [-0.25, -0.2) is 0 Å². The van der Waals surface area contributed by atoms with Gasteiger partial charge in [-0.1, -0.05) is 84.9 Å². The molecule has 0 radical (unpaired) electrons. The first kappa shape index (κ1) is 20.2. The minimum Gasteiger partial charge on any atom is -0.454 e. The maximum absolute atomic E-state index is 6.99. The number of benzene rings is 6. The summed E-state index contributed by atoms with van der Waals surface area (Å²) in [6.45, 7) is 0.0858. The van der Waals surface area contributed by atoms with Gasteiger partial charge in [-0.05, 0) is 46.0 Å². The van der Waals surface area contributed by atoms with Crippen LogP contribution in [-0.2, 0) is 0 Å². The fourth-order valence-corrected chi connectivity index (χ4v) is 9.38. The van der Waals surface area contributed by atoms with E-state index in [1.807, 2.05) is 0 Å². The molecule has 2 aliphatic heterocycles. The molecule has 5 aromatic heterocycles. The van der Waals surface area contributed by atoms with Crippen molar-refractivity contribution in [2.45, 2.75) is 0 Å². The quantitative estimate of drug-likeness (QED) is 0.186. The zero-order valence-electron chi connectivity index (χ0n) is 22.7. The summed E-state index contributed by atoms with van der Waals surface area (Å²) in [7, 11) is 0. The zero-order chi connectivity index (χ0) is 27.3. The molecule has 7 heterocycles. The van der Waals surface area contributed by atoms with Crippen molar-refractivity contribution in [3.05, 3.63) is 109 Å². The van der Waals surface area contributed by atoms with Crippen LogP contribution in [0.3, 0.4) is 0 Å². The summed E-state index contributed by atoms with van der Waals surface area (Å²) in [5, 5.41) is 9.03. The van der Waals surface area contributed by atoms with E-state index in [2.05, 4.69) is 123 Å². The van der Waals surface area contributed by atoms with Crippen molar-refractivity contribution in [3.8, 4) is 5.69 Å². The van der Waals surface area contributed by atoms with Crippen molar-refractivity contribution in [2.75, 3.05) is 0 Å². The summed E-state index contributed by atoms with van der Waals surface area (Å²) in [5.74, 6) is 0. The molecule has 0 N–H and O–H groups in total. The molecule has 0 spiro atoms. The van der Waals surface area contributed by atoms with Gasteiger partial charge in [0.15, 0.2) is 5.58 Å². The highest BCUT2D eigenvalue weighted by atomic mass is 16.3. The van der Waals surface area contributed by atoms with E-state index in [4.69, 9.17) is 4.42 Å². The molecule has 2 aliphatic rings. The van der Waals surface area contributed by atoms with Crippen LogP contribution in [0.5, 0.6) is 0 Å². The summed E-state index contributed by atoms with van der Waals surface area (Å²) in [6.07, 6.45) is 0. The summed E-state index contributed by atoms with van der Waals surface area (Å²) < 4.78 is 14.6. The average Bonchev–Trinajstić information content (AvgIpc) is 3.84. The molecule has 5 heteroatoms. The lowest BCUT2D eigenvalue weighted by atomic mass is 9.34. The Balaban J connectivity index is 1.47. The highest BCUT2D eigenvalue weighted by molar-refractivity contribution is 7.02. The molecule has 0 bridgehead atoms. The monoisotopic (exact) mass is 543 g/mol. The smallest absolute Gasteiger partial charge is 0.255 e. The lowest BCUT2D eigenvalue weighted by molar-refractivity contribution is 0.667. The van der Waals surface area contributed by atoms with Gasteiger partial charge >= 0.3 is 0 Å². The van der Waals surface area contributed by atoms with Crippen LogP contribution in [0.15, 0.2) is 114 Å². The molecule has 43 heavy (non-hydrogen) atoms. The van der Waals surface area contributed by atoms with Gasteiger partial charge in [0.1, 0.15) is 11.2 Å². The van der Waals surface area contributed by atoms with E-state index in [-0.39, 0.29) is 6.71 Å². The SMILES string of the molecule is c1ccc2c(c1)oc1c3c4c5c(c6cccc7c8cccc(c8n5c76)B4c4c5ccccc5n5c6ccccc6n-3c45)c12. The van der Waals surface area contributed by atoms with Gasteiger partial charge < -0.3 is 8.82 Å². The van der Waals surface area contributed by atoms with Crippen molar-refractivity contribution >= 4 is 111 Å². The van der Waals surface area contributed by atoms with Gasteiger partial charge in [0.2, 0.25) is 0 Å². The van der Waals surface area contributed by atoms with Crippen LogP contribution in [0.4, 0.5) is 0 Å². The number of hydrogen-bond donors (Lipinski definition) is 0. The van der Waals surface area contributed by atoms with Crippen LogP contribution in [0.2, 0.25) is 0 Å². The van der Waals surface area contributed by atoms with Gasteiger partial charge in [0, 0.05) is 37.8 Å². The fraction of sp³-hybridized carbons (Fsp3) is 0. The van der Waals surface area contributed by atoms with E-state index >= 15 is 0 Å². The summed E-state index contributed by atoms with van der Waals surface area (Å²) >= 11 is 0. The van der Waals surface area contributed by atoms with Crippen molar-refractivity contribution < 1.29 is 4.42 Å². The van der Waals surface area contributed by atoms with E-state index in [9.17, 15) is 0 Å². The van der Waals surface area contributed by atoms with Gasteiger partial charge in [-0.2, -0.15) is 0 Å². The number of hydrogen-bond acceptors (Lipinski definition) is 1. The van der Waals surface area contributed by atoms with Gasteiger partial charge in [-0.15, -0.1) is 0 Å². The maximum Gasteiger partial charge on any atom is 0.255 e. The topological polar surface area (TPSA) is 26.9 Å². The van der Waals surface area contributed by atoms with Gasteiger partial charge in [0.25, 0.3) is 6.71 Å². The number of rotatable bonds is 0. The Hall–Kier alpha value is -5.68. The number of para-hydroxylation sites is 6.